The van der Waals surface area contributed by atoms with Crippen LogP contribution >= 0.6 is 11.3 Å². The number of aromatic nitrogens is 3. The third-order valence-electron chi connectivity index (χ3n) is 7.08. The molecule has 1 saturated heterocycles. The van der Waals surface area contributed by atoms with Crippen molar-refractivity contribution in [2.45, 2.75) is 25.9 Å². The minimum absolute atomic E-state index is 0.112. The minimum Gasteiger partial charge on any atom is -0.494 e. The summed E-state index contributed by atoms with van der Waals surface area (Å²) in [5.74, 6) is -0.442. The number of anilines is 3. The number of methoxy groups -OCH3 is 1. The second-order valence-corrected chi connectivity index (χ2v) is 13.6. The van der Waals surface area contributed by atoms with Crippen LogP contribution in [0.15, 0.2) is 48.7 Å². The van der Waals surface area contributed by atoms with Gasteiger partial charge in [-0.2, -0.15) is 0 Å². The highest BCUT2D eigenvalue weighted by atomic mass is 32.2. The summed E-state index contributed by atoms with van der Waals surface area (Å²) in [6, 6.07) is 11.2. The maximum Gasteiger partial charge on any atom is 0.227 e. The quantitative estimate of drug-likeness (QED) is 0.201. The molecule has 0 aliphatic carbocycles. The van der Waals surface area contributed by atoms with Gasteiger partial charge >= 0.3 is 0 Å². The van der Waals surface area contributed by atoms with E-state index in [2.05, 4.69) is 30.5 Å². The fraction of sp³-hybridized carbons (Fsp3) is 0.367. The molecule has 234 valence electrons. The first-order valence-corrected chi connectivity index (χ1v) is 17.1. The van der Waals surface area contributed by atoms with Crippen molar-refractivity contribution >= 4 is 37.9 Å². The predicted molar refractivity (Wildman–Crippen MR) is 169 cm³/mol. The molecular formula is C30H34F2N6O4S2. The SMILES string of the molecule is CCNc1nc(-c2cccc(OC)c2F)c(-c2ccnc(Nc3ccc(OC4CCN(CCS(C)(=O)=O)CC4)c(F)c3)n2)s1. The fourth-order valence-corrected chi connectivity index (χ4v) is 6.44. The Balaban J connectivity index is 1.29. The highest BCUT2D eigenvalue weighted by Gasteiger charge is 2.23. The number of nitrogens with one attached hydrogen (secondary N) is 2. The van der Waals surface area contributed by atoms with E-state index in [1.54, 1.807) is 42.6 Å². The Bertz CT molecular complexity index is 1710. The summed E-state index contributed by atoms with van der Waals surface area (Å²) in [7, 11) is -1.60. The van der Waals surface area contributed by atoms with E-state index in [0.29, 0.717) is 66.1 Å². The molecule has 14 heteroatoms. The van der Waals surface area contributed by atoms with Crippen LogP contribution in [0, 0.1) is 11.6 Å². The van der Waals surface area contributed by atoms with Crippen molar-refractivity contribution in [3.63, 3.8) is 0 Å². The van der Waals surface area contributed by atoms with Gasteiger partial charge in [0.2, 0.25) is 5.95 Å². The van der Waals surface area contributed by atoms with Gasteiger partial charge in [0.1, 0.15) is 15.9 Å². The third kappa shape index (κ3) is 7.79. The average molecular weight is 645 g/mol. The van der Waals surface area contributed by atoms with E-state index < -0.39 is 21.5 Å². The van der Waals surface area contributed by atoms with Crippen LogP contribution in [0.5, 0.6) is 11.5 Å². The largest absolute Gasteiger partial charge is 0.494 e. The summed E-state index contributed by atoms with van der Waals surface area (Å²) in [6.45, 7) is 4.46. The van der Waals surface area contributed by atoms with Crippen LogP contribution in [-0.2, 0) is 9.84 Å². The van der Waals surface area contributed by atoms with E-state index in [4.69, 9.17) is 9.47 Å². The van der Waals surface area contributed by atoms with Gasteiger partial charge in [0.25, 0.3) is 0 Å². The third-order valence-corrected chi connectivity index (χ3v) is 9.04. The molecule has 10 nitrogen and oxygen atoms in total. The maximum absolute atomic E-state index is 15.2. The molecule has 0 amide bonds. The number of sulfone groups is 1. The van der Waals surface area contributed by atoms with E-state index in [1.807, 2.05) is 6.92 Å². The lowest BCUT2D eigenvalue weighted by Gasteiger charge is -2.32. The molecule has 0 spiro atoms. The highest BCUT2D eigenvalue weighted by Crippen LogP contribution is 2.41. The number of ether oxygens (including phenoxy) is 2. The number of thiazole rings is 1. The van der Waals surface area contributed by atoms with Gasteiger partial charge in [-0.05, 0) is 50.1 Å². The summed E-state index contributed by atoms with van der Waals surface area (Å²) >= 11 is 1.34. The van der Waals surface area contributed by atoms with Crippen LogP contribution in [0.4, 0.5) is 25.5 Å². The lowest BCUT2D eigenvalue weighted by Crippen LogP contribution is -2.40. The molecule has 0 saturated carbocycles. The monoisotopic (exact) mass is 644 g/mol. The van der Waals surface area contributed by atoms with Crippen molar-refractivity contribution in [3.8, 4) is 33.3 Å². The molecule has 3 heterocycles. The summed E-state index contributed by atoms with van der Waals surface area (Å²) in [6.07, 6.45) is 4.00. The number of likely N-dealkylation sites (tertiary alicyclic amines) is 1. The summed E-state index contributed by atoms with van der Waals surface area (Å²) in [4.78, 5) is 16.3. The van der Waals surface area contributed by atoms with Gasteiger partial charge in [0, 0.05) is 55.9 Å². The molecule has 4 aromatic rings. The first-order chi connectivity index (χ1) is 21.1. The lowest BCUT2D eigenvalue weighted by atomic mass is 10.1. The molecule has 44 heavy (non-hydrogen) atoms. The van der Waals surface area contributed by atoms with E-state index in [1.165, 1.54) is 30.8 Å². The van der Waals surface area contributed by atoms with Crippen LogP contribution in [0.3, 0.4) is 0 Å². The number of hydrogen-bond donors (Lipinski definition) is 2. The zero-order valence-electron chi connectivity index (χ0n) is 24.6. The Morgan fingerprint density at radius 3 is 2.59 bits per heavy atom. The van der Waals surface area contributed by atoms with Crippen molar-refractivity contribution in [2.24, 2.45) is 0 Å². The van der Waals surface area contributed by atoms with Crippen molar-refractivity contribution in [2.75, 3.05) is 55.9 Å². The number of halogens is 2. The Kier molecular flexibility index (Phi) is 9.91. The summed E-state index contributed by atoms with van der Waals surface area (Å²) < 4.78 is 64.3. The molecule has 0 atom stereocenters. The number of nitrogens with zero attached hydrogens (tertiary/aromatic N) is 4. The topological polar surface area (TPSA) is 119 Å². The zero-order valence-corrected chi connectivity index (χ0v) is 26.3. The van der Waals surface area contributed by atoms with Gasteiger partial charge in [-0.3, -0.25) is 0 Å². The Hall–Kier alpha value is -3.88. The first kappa shape index (κ1) is 31.5. The zero-order chi connectivity index (χ0) is 31.3. The van der Waals surface area contributed by atoms with Crippen LogP contribution in [-0.4, -0.2) is 79.7 Å². The first-order valence-electron chi connectivity index (χ1n) is 14.2. The van der Waals surface area contributed by atoms with Gasteiger partial charge in [-0.15, -0.1) is 0 Å². The molecule has 5 rings (SSSR count). The van der Waals surface area contributed by atoms with E-state index in [-0.39, 0.29) is 34.9 Å². The average Bonchev–Trinajstić information content (AvgIpc) is 3.42. The standard InChI is InChI=1S/C30H34F2N6O4S2/c1-4-33-30-37-27(21-6-5-7-25(41-2)26(21)32)28(43-30)23-10-13-34-29(36-23)35-19-8-9-24(22(31)18-19)42-20-11-14-38(15-12-20)16-17-44(3,39)40/h5-10,13,18,20H,4,11-12,14-17H2,1-3H3,(H,33,37)(H,34,35,36). The van der Waals surface area contributed by atoms with Crippen molar-refractivity contribution in [3.05, 3.63) is 60.3 Å². The normalized spacial score (nSPS) is 14.4. The molecule has 0 unspecified atom stereocenters. The van der Waals surface area contributed by atoms with Crippen molar-refractivity contribution in [1.29, 1.82) is 0 Å². The van der Waals surface area contributed by atoms with Crippen molar-refractivity contribution < 1.29 is 26.7 Å². The van der Waals surface area contributed by atoms with Crippen LogP contribution < -0.4 is 20.1 Å². The molecule has 1 fully saturated rings. The highest BCUT2D eigenvalue weighted by molar-refractivity contribution is 7.90. The van der Waals surface area contributed by atoms with E-state index >= 15 is 8.78 Å². The number of hydrogen-bond acceptors (Lipinski definition) is 11. The molecule has 2 aromatic heterocycles. The van der Waals surface area contributed by atoms with Crippen molar-refractivity contribution in [1.82, 2.24) is 19.9 Å². The second kappa shape index (κ2) is 13.8. The second-order valence-electron chi connectivity index (χ2n) is 10.4. The Morgan fingerprint density at radius 2 is 1.89 bits per heavy atom. The van der Waals surface area contributed by atoms with Gasteiger partial charge in [-0.25, -0.2) is 32.2 Å². The van der Waals surface area contributed by atoms with Crippen LogP contribution in [0.2, 0.25) is 0 Å². The van der Waals surface area contributed by atoms with Gasteiger partial charge in [0.15, 0.2) is 28.3 Å². The smallest absolute Gasteiger partial charge is 0.227 e. The number of piperidine rings is 1. The van der Waals surface area contributed by atoms with E-state index in [9.17, 15) is 8.42 Å². The minimum atomic E-state index is -3.01. The fourth-order valence-electron chi connectivity index (χ4n) is 4.83. The number of benzene rings is 2. The molecule has 2 aromatic carbocycles. The number of rotatable bonds is 12. The molecular weight excluding hydrogens is 610 g/mol. The molecule has 0 radical (unpaired) electrons. The van der Waals surface area contributed by atoms with Crippen LogP contribution in [0.25, 0.3) is 21.8 Å². The van der Waals surface area contributed by atoms with Gasteiger partial charge in [0.05, 0.1) is 29.1 Å². The lowest BCUT2D eigenvalue weighted by molar-refractivity contribution is 0.100. The summed E-state index contributed by atoms with van der Waals surface area (Å²) in [5, 5.41) is 6.84. The molecule has 0 bridgehead atoms. The van der Waals surface area contributed by atoms with Crippen LogP contribution in [0.1, 0.15) is 19.8 Å². The Labute approximate surface area is 259 Å². The van der Waals surface area contributed by atoms with E-state index in [0.717, 1.165) is 0 Å². The predicted octanol–water partition coefficient (Wildman–Crippen LogP) is 5.62. The summed E-state index contributed by atoms with van der Waals surface area (Å²) in [5.41, 5.74) is 1.65. The van der Waals surface area contributed by atoms with Gasteiger partial charge in [-0.1, -0.05) is 17.4 Å². The molecule has 1 aliphatic rings. The maximum atomic E-state index is 15.2. The Morgan fingerprint density at radius 1 is 1.09 bits per heavy atom. The van der Waals surface area contributed by atoms with Gasteiger partial charge < -0.3 is 25.0 Å². The molecule has 1 aliphatic heterocycles. The molecule has 2 N–H and O–H groups in total.